The number of likely N-dealkylation sites (N-methyl/N-ethyl adjacent to an activating group) is 1. The lowest BCUT2D eigenvalue weighted by Crippen LogP contribution is -2.40. The summed E-state index contributed by atoms with van der Waals surface area (Å²) in [6.07, 6.45) is 5.17. The monoisotopic (exact) mass is 740 g/mol. The Labute approximate surface area is 341 Å². The molecular weight excluding hydrogens is 669 g/mol. The Kier molecular flexibility index (Phi) is 6.59. The van der Waals surface area contributed by atoms with E-state index in [0.29, 0.717) is 58.4 Å². The quantitative estimate of drug-likeness (QED) is 0.171. The summed E-state index contributed by atoms with van der Waals surface area (Å²) in [5, 5.41) is 1.59. The minimum absolute atomic E-state index is 0.0528. The number of benzene rings is 2. The van der Waals surface area contributed by atoms with E-state index in [9.17, 15) is 4.79 Å². The fraction of sp³-hybridized carbons (Fsp3) is 0.413. The Morgan fingerprint density at radius 1 is 0.722 bits per heavy atom. The molecule has 0 N–H and O–H groups in total. The molecule has 0 radical (unpaired) electrons. The van der Waals surface area contributed by atoms with Crippen molar-refractivity contribution in [3.63, 3.8) is 0 Å². The van der Waals surface area contributed by atoms with Crippen LogP contribution < -0.4 is 0 Å². The van der Waals surface area contributed by atoms with Gasteiger partial charge in [0.25, 0.3) is 0 Å². The number of hydrogen-bond donors (Lipinski definition) is 0. The van der Waals surface area contributed by atoms with Crippen LogP contribution in [0.1, 0.15) is 97.5 Å². The van der Waals surface area contributed by atoms with Gasteiger partial charge in [-0.05, 0) is 121 Å². The lowest BCUT2D eigenvalue weighted by atomic mass is 10.0. The molecule has 0 saturated heterocycles. The second-order valence-corrected chi connectivity index (χ2v) is 15.0. The van der Waals surface area contributed by atoms with Gasteiger partial charge in [-0.1, -0.05) is 35.4 Å². The maximum Gasteiger partial charge on any atom is 0.410 e. The highest BCUT2D eigenvalue weighted by Crippen LogP contribution is 2.34. The summed E-state index contributed by atoms with van der Waals surface area (Å²) in [4.78, 5) is 24.0. The molecule has 2 aliphatic heterocycles. The van der Waals surface area contributed by atoms with Crippen LogP contribution in [0.4, 0.5) is 4.79 Å². The molecule has 6 heterocycles. The number of pyridine rings is 2. The number of carbonyl (C=O) groups excluding carboxylic acids is 1. The summed E-state index contributed by atoms with van der Waals surface area (Å²) >= 11 is 0. The molecular formula is C46H56N6O2. The van der Waals surface area contributed by atoms with Gasteiger partial charge in [0, 0.05) is 129 Å². The summed E-state index contributed by atoms with van der Waals surface area (Å²) < 4.78 is 125. The van der Waals surface area contributed by atoms with E-state index in [0.717, 1.165) is 55.4 Å². The van der Waals surface area contributed by atoms with Crippen molar-refractivity contribution in [2.75, 3.05) is 20.1 Å². The van der Waals surface area contributed by atoms with Crippen molar-refractivity contribution in [2.24, 2.45) is 0 Å². The van der Waals surface area contributed by atoms with Crippen LogP contribution in [0.25, 0.3) is 21.8 Å². The Balaban J connectivity index is 0.000000205. The maximum absolute atomic E-state index is 12.8. The molecule has 0 fully saturated rings. The fourth-order valence-corrected chi connectivity index (χ4v) is 7.52. The van der Waals surface area contributed by atoms with E-state index >= 15 is 0 Å². The largest absolute Gasteiger partial charge is 0.444 e. The van der Waals surface area contributed by atoms with Crippen molar-refractivity contribution in [1.82, 2.24) is 28.9 Å². The smallest absolute Gasteiger partial charge is 0.410 e. The first kappa shape index (κ1) is 23.1. The summed E-state index contributed by atoms with van der Waals surface area (Å²) in [5.74, 6) is 0. The molecule has 0 atom stereocenters. The van der Waals surface area contributed by atoms with E-state index in [1.54, 1.807) is 59.8 Å². The standard InChI is InChI=1S/C25H31N3O2.C21H25N3/c1-17-6-9-22-20(14-17)21-16-27(24(29)30-25(3,4)5)12-11-23(21)28(22)13-10-19-8-7-18(2)26-15-19;1-15-4-7-20-18(12-15)19-14-23(3)10-9-21(19)24(20)11-8-17-6-5-16(2)22-13-17/h6-9,14-15H,10-13,16H2,1-5H3;4-7,12-13H,8-11,14H2,1-3H3/i1D3,2D3;1D3,2D3,3D3. The molecule has 0 aliphatic carbocycles. The van der Waals surface area contributed by atoms with E-state index in [2.05, 4.69) is 19.1 Å². The number of aryl methyl sites for hydroxylation is 8. The zero-order valence-electron chi connectivity index (χ0n) is 46.0. The lowest BCUT2D eigenvalue weighted by molar-refractivity contribution is 0.0223. The van der Waals surface area contributed by atoms with Crippen LogP contribution in [-0.4, -0.2) is 60.7 Å². The molecule has 6 aromatic rings. The highest BCUT2D eigenvalue weighted by molar-refractivity contribution is 5.88. The second kappa shape index (κ2) is 15.4. The third-order valence-corrected chi connectivity index (χ3v) is 10.1. The minimum Gasteiger partial charge on any atom is -0.444 e. The Hall–Kier alpha value is -4.95. The maximum atomic E-state index is 12.8. The molecule has 8 nitrogen and oxygen atoms in total. The normalized spacial score (nSPS) is 19.8. The van der Waals surface area contributed by atoms with Crippen LogP contribution in [0.5, 0.6) is 0 Å². The molecule has 8 rings (SSSR count). The van der Waals surface area contributed by atoms with Gasteiger partial charge in [-0.2, -0.15) is 0 Å². The highest BCUT2D eigenvalue weighted by Gasteiger charge is 2.29. The van der Waals surface area contributed by atoms with E-state index in [1.807, 2.05) is 26.8 Å². The van der Waals surface area contributed by atoms with Gasteiger partial charge in [0.15, 0.2) is 0 Å². The van der Waals surface area contributed by atoms with Crippen LogP contribution >= 0.6 is 0 Å². The number of ether oxygens (including phenoxy) is 1. The van der Waals surface area contributed by atoms with E-state index < -0.39 is 40.0 Å². The first-order chi connectivity index (χ1) is 31.9. The number of fused-ring (bicyclic) bond motifs is 6. The molecule has 1 amide bonds. The molecule has 0 bridgehead atoms. The highest BCUT2D eigenvalue weighted by atomic mass is 16.6. The molecule has 0 unspecified atom stereocenters. The first-order valence-corrected chi connectivity index (χ1v) is 18.3. The molecule has 4 aromatic heterocycles. The van der Waals surface area contributed by atoms with Crippen LogP contribution in [-0.2, 0) is 56.6 Å². The molecule has 0 spiro atoms. The van der Waals surface area contributed by atoms with Gasteiger partial charge < -0.3 is 23.7 Å². The average Bonchev–Trinajstić information content (AvgIpc) is 3.73. The van der Waals surface area contributed by atoms with Gasteiger partial charge in [0.05, 0.1) is 6.54 Å². The fourth-order valence-electron chi connectivity index (χ4n) is 7.52. The molecule has 282 valence electrons. The predicted molar refractivity (Wildman–Crippen MR) is 219 cm³/mol. The Bertz CT molecular complexity index is 2810. The predicted octanol–water partition coefficient (Wildman–Crippen LogP) is 9.07. The van der Waals surface area contributed by atoms with E-state index in [-0.39, 0.29) is 35.2 Å². The number of carbonyl (C=O) groups is 1. The molecule has 2 aliphatic rings. The summed E-state index contributed by atoms with van der Waals surface area (Å²) in [6.45, 7) is -3.06. The number of hydrogen-bond acceptors (Lipinski definition) is 5. The number of rotatable bonds is 6. The van der Waals surface area contributed by atoms with Crippen molar-refractivity contribution < 1.29 is 30.1 Å². The second-order valence-electron chi connectivity index (χ2n) is 15.0. The van der Waals surface area contributed by atoms with Gasteiger partial charge in [-0.3, -0.25) is 9.97 Å². The van der Waals surface area contributed by atoms with Crippen molar-refractivity contribution in [1.29, 1.82) is 0 Å². The summed E-state index contributed by atoms with van der Waals surface area (Å²) in [7, 11) is 0. The van der Waals surface area contributed by atoms with E-state index in [1.165, 1.54) is 17.0 Å². The van der Waals surface area contributed by atoms with Gasteiger partial charge >= 0.3 is 6.09 Å². The van der Waals surface area contributed by atoms with E-state index in [4.69, 9.17) is 25.3 Å². The van der Waals surface area contributed by atoms with Crippen molar-refractivity contribution in [3.8, 4) is 0 Å². The SMILES string of the molecule is [2H]C([2H])([2H])c1ccc2c(c1)c1c(n2CCc2ccc(C([2H])([2H])[2H])nc2)CCN(C(=O)OC(C)(C)C)C1.[2H]C([2H])([2H])c1ccc2c(c1)c1c(n2CCc2ccc(C([2H])([2H])[2H])nc2)CCN(C([2H])([2H])[2H])C1. The van der Waals surface area contributed by atoms with Crippen molar-refractivity contribution in [2.45, 2.75) is 106 Å². The van der Waals surface area contributed by atoms with Crippen molar-refractivity contribution >= 4 is 27.9 Å². The number of amides is 1. The van der Waals surface area contributed by atoms with Crippen LogP contribution in [0, 0.1) is 27.4 Å². The zero-order valence-corrected chi connectivity index (χ0v) is 31.0. The van der Waals surface area contributed by atoms with Crippen LogP contribution in [0.2, 0.25) is 0 Å². The Morgan fingerprint density at radius 3 is 1.76 bits per heavy atom. The molecule has 54 heavy (non-hydrogen) atoms. The zero-order chi connectivity index (χ0) is 50.6. The molecule has 2 aromatic carbocycles. The van der Waals surface area contributed by atoms with Gasteiger partial charge in [-0.25, -0.2) is 4.79 Å². The number of aromatic nitrogens is 4. The molecule has 0 saturated carbocycles. The average molecular weight is 740 g/mol. The van der Waals surface area contributed by atoms with Gasteiger partial charge in [0.1, 0.15) is 5.60 Å². The third kappa shape index (κ3) is 8.24. The Morgan fingerprint density at radius 2 is 1.28 bits per heavy atom. The van der Waals surface area contributed by atoms with Crippen LogP contribution in [0.15, 0.2) is 73.1 Å². The lowest BCUT2D eigenvalue weighted by Gasteiger charge is -2.30. The summed E-state index contributed by atoms with van der Waals surface area (Å²) in [5.41, 5.74) is 7.44. The van der Waals surface area contributed by atoms with Crippen LogP contribution in [0.3, 0.4) is 0 Å². The van der Waals surface area contributed by atoms with Gasteiger partial charge in [-0.15, -0.1) is 0 Å². The minimum atomic E-state index is -2.25. The summed E-state index contributed by atoms with van der Waals surface area (Å²) in [6, 6.07) is 16.8. The van der Waals surface area contributed by atoms with Gasteiger partial charge in [0.2, 0.25) is 0 Å². The third-order valence-electron chi connectivity index (χ3n) is 10.1. The molecule has 8 heteroatoms. The first-order valence-electron chi connectivity index (χ1n) is 25.8. The number of nitrogens with zero attached hydrogens (tertiary/aromatic N) is 6. The topological polar surface area (TPSA) is 68.4 Å². The van der Waals surface area contributed by atoms with Crippen molar-refractivity contribution in [3.05, 3.63) is 129 Å².